The SMILES string of the molecule is CC(=Cc1ccccc1)CN1CC(C)(C)OC2(CCOC2)C1. The minimum Gasteiger partial charge on any atom is -0.378 e. The van der Waals surface area contributed by atoms with Gasteiger partial charge < -0.3 is 9.47 Å². The Morgan fingerprint density at radius 2 is 2.00 bits per heavy atom. The lowest BCUT2D eigenvalue weighted by Crippen LogP contribution is -2.60. The molecular formula is C19H27NO2. The fraction of sp³-hybridized carbons (Fsp3) is 0.579. The van der Waals surface area contributed by atoms with Crippen LogP contribution in [0.1, 0.15) is 32.8 Å². The van der Waals surface area contributed by atoms with Gasteiger partial charge >= 0.3 is 0 Å². The molecule has 1 atom stereocenters. The third-order valence-corrected chi connectivity index (χ3v) is 4.36. The zero-order valence-corrected chi connectivity index (χ0v) is 14.0. The first-order valence-corrected chi connectivity index (χ1v) is 8.19. The van der Waals surface area contributed by atoms with Crippen LogP contribution in [0.15, 0.2) is 35.9 Å². The number of ether oxygens (including phenoxy) is 2. The molecule has 22 heavy (non-hydrogen) atoms. The van der Waals surface area contributed by atoms with Gasteiger partial charge in [0.1, 0.15) is 5.60 Å². The molecule has 0 aromatic heterocycles. The summed E-state index contributed by atoms with van der Waals surface area (Å²) in [5.41, 5.74) is 2.44. The Morgan fingerprint density at radius 3 is 2.68 bits per heavy atom. The summed E-state index contributed by atoms with van der Waals surface area (Å²) in [6, 6.07) is 10.5. The van der Waals surface area contributed by atoms with Crippen LogP contribution in [0.5, 0.6) is 0 Å². The lowest BCUT2D eigenvalue weighted by Gasteiger charge is -2.48. The van der Waals surface area contributed by atoms with Gasteiger partial charge in [0.2, 0.25) is 0 Å². The molecule has 3 rings (SSSR count). The molecule has 1 aromatic carbocycles. The molecule has 0 saturated carbocycles. The van der Waals surface area contributed by atoms with Crippen LogP contribution in [0.3, 0.4) is 0 Å². The van der Waals surface area contributed by atoms with Crippen molar-refractivity contribution in [2.24, 2.45) is 0 Å². The summed E-state index contributed by atoms with van der Waals surface area (Å²) in [5.74, 6) is 0. The maximum Gasteiger partial charge on any atom is 0.107 e. The minimum atomic E-state index is -0.112. The second-order valence-electron chi connectivity index (χ2n) is 7.39. The average Bonchev–Trinajstić information content (AvgIpc) is 2.84. The summed E-state index contributed by atoms with van der Waals surface area (Å²) in [4.78, 5) is 2.52. The second kappa shape index (κ2) is 6.15. The van der Waals surface area contributed by atoms with Crippen molar-refractivity contribution < 1.29 is 9.47 Å². The van der Waals surface area contributed by atoms with Gasteiger partial charge in [-0.25, -0.2) is 0 Å². The summed E-state index contributed by atoms with van der Waals surface area (Å²) >= 11 is 0. The molecular weight excluding hydrogens is 274 g/mol. The lowest BCUT2D eigenvalue weighted by atomic mass is 9.94. The Bertz CT molecular complexity index is 530. The third-order valence-electron chi connectivity index (χ3n) is 4.36. The molecule has 3 heteroatoms. The van der Waals surface area contributed by atoms with E-state index in [4.69, 9.17) is 9.47 Å². The highest BCUT2D eigenvalue weighted by atomic mass is 16.6. The van der Waals surface area contributed by atoms with Gasteiger partial charge in [-0.3, -0.25) is 4.90 Å². The van der Waals surface area contributed by atoms with E-state index in [1.54, 1.807) is 0 Å². The van der Waals surface area contributed by atoms with E-state index in [0.29, 0.717) is 0 Å². The van der Waals surface area contributed by atoms with Crippen molar-refractivity contribution in [1.82, 2.24) is 4.90 Å². The molecule has 1 spiro atoms. The van der Waals surface area contributed by atoms with E-state index >= 15 is 0 Å². The van der Waals surface area contributed by atoms with Gasteiger partial charge in [-0.15, -0.1) is 0 Å². The van der Waals surface area contributed by atoms with Gasteiger partial charge in [-0.2, -0.15) is 0 Å². The molecule has 0 N–H and O–H groups in total. The van der Waals surface area contributed by atoms with Crippen molar-refractivity contribution in [1.29, 1.82) is 0 Å². The predicted octanol–water partition coefficient (Wildman–Crippen LogP) is 3.36. The van der Waals surface area contributed by atoms with Gasteiger partial charge in [-0.05, 0) is 26.3 Å². The number of benzene rings is 1. The number of hydrogen-bond donors (Lipinski definition) is 0. The van der Waals surface area contributed by atoms with Gasteiger partial charge in [-0.1, -0.05) is 42.0 Å². The largest absolute Gasteiger partial charge is 0.378 e. The summed E-state index contributed by atoms with van der Waals surface area (Å²) in [5, 5.41) is 0. The van der Waals surface area contributed by atoms with Crippen LogP contribution in [0.25, 0.3) is 6.08 Å². The van der Waals surface area contributed by atoms with Gasteiger partial charge in [0.25, 0.3) is 0 Å². The molecule has 0 radical (unpaired) electrons. The molecule has 0 aliphatic carbocycles. The van der Waals surface area contributed by atoms with E-state index in [9.17, 15) is 0 Å². The number of rotatable bonds is 3. The molecule has 2 aliphatic rings. The zero-order valence-electron chi connectivity index (χ0n) is 14.0. The first-order chi connectivity index (χ1) is 10.5. The monoisotopic (exact) mass is 301 g/mol. The Balaban J connectivity index is 1.70. The highest BCUT2D eigenvalue weighted by Crippen LogP contribution is 2.34. The van der Waals surface area contributed by atoms with Crippen LogP contribution in [0, 0.1) is 0 Å². The van der Waals surface area contributed by atoms with Gasteiger partial charge in [0.05, 0.1) is 12.2 Å². The molecule has 2 fully saturated rings. The Labute approximate surface area is 133 Å². The molecule has 0 amide bonds. The topological polar surface area (TPSA) is 21.7 Å². The number of nitrogens with zero attached hydrogens (tertiary/aromatic N) is 1. The van der Waals surface area contributed by atoms with Crippen LogP contribution in [-0.4, -0.2) is 49.0 Å². The van der Waals surface area contributed by atoms with Crippen LogP contribution in [0.4, 0.5) is 0 Å². The highest BCUT2D eigenvalue weighted by molar-refractivity contribution is 5.52. The van der Waals surface area contributed by atoms with E-state index in [0.717, 1.165) is 39.3 Å². The quantitative estimate of drug-likeness (QED) is 0.854. The maximum absolute atomic E-state index is 6.37. The normalized spacial score (nSPS) is 29.1. The number of hydrogen-bond acceptors (Lipinski definition) is 3. The van der Waals surface area contributed by atoms with E-state index in [1.807, 2.05) is 0 Å². The van der Waals surface area contributed by atoms with E-state index in [1.165, 1.54) is 11.1 Å². The van der Waals surface area contributed by atoms with Gasteiger partial charge in [0.15, 0.2) is 0 Å². The van der Waals surface area contributed by atoms with Crippen LogP contribution in [-0.2, 0) is 9.47 Å². The first kappa shape index (κ1) is 15.7. The molecule has 1 unspecified atom stereocenters. The zero-order chi connectivity index (χ0) is 15.6. The molecule has 0 bridgehead atoms. The Hall–Kier alpha value is -1.16. The van der Waals surface area contributed by atoms with Gasteiger partial charge in [0, 0.05) is 32.7 Å². The number of morpholine rings is 1. The predicted molar refractivity (Wildman–Crippen MR) is 89.9 cm³/mol. The fourth-order valence-corrected chi connectivity index (χ4v) is 3.79. The van der Waals surface area contributed by atoms with Crippen molar-refractivity contribution in [2.75, 3.05) is 32.8 Å². The molecule has 3 nitrogen and oxygen atoms in total. The van der Waals surface area contributed by atoms with Crippen LogP contribution in [0.2, 0.25) is 0 Å². The second-order valence-corrected chi connectivity index (χ2v) is 7.39. The smallest absolute Gasteiger partial charge is 0.107 e. The van der Waals surface area contributed by atoms with Crippen molar-refractivity contribution in [3.63, 3.8) is 0 Å². The lowest BCUT2D eigenvalue weighted by molar-refractivity contribution is -0.193. The molecule has 2 heterocycles. The molecule has 2 aliphatic heterocycles. The van der Waals surface area contributed by atoms with Crippen LogP contribution < -0.4 is 0 Å². The highest BCUT2D eigenvalue weighted by Gasteiger charge is 2.46. The Morgan fingerprint density at radius 1 is 1.23 bits per heavy atom. The maximum atomic E-state index is 6.37. The third kappa shape index (κ3) is 3.78. The summed E-state index contributed by atoms with van der Waals surface area (Å²) in [6.45, 7) is 11.1. The summed E-state index contributed by atoms with van der Waals surface area (Å²) in [6.07, 6.45) is 3.29. The molecule has 1 aromatic rings. The molecule has 2 saturated heterocycles. The summed E-state index contributed by atoms with van der Waals surface area (Å²) in [7, 11) is 0. The van der Waals surface area contributed by atoms with Crippen molar-refractivity contribution in [3.8, 4) is 0 Å². The van der Waals surface area contributed by atoms with E-state index < -0.39 is 0 Å². The molecule has 120 valence electrons. The minimum absolute atomic E-state index is 0.102. The average molecular weight is 301 g/mol. The van der Waals surface area contributed by atoms with Crippen molar-refractivity contribution in [2.45, 2.75) is 38.4 Å². The standard InChI is InChI=1S/C19H27NO2/c1-16(11-17-7-5-4-6-8-17)12-20-13-18(2,3)22-19(14-20)9-10-21-15-19/h4-8,11H,9-10,12-15H2,1-3H3. The van der Waals surface area contributed by atoms with E-state index in [-0.39, 0.29) is 11.2 Å². The first-order valence-electron chi connectivity index (χ1n) is 8.19. The van der Waals surface area contributed by atoms with Crippen molar-refractivity contribution in [3.05, 3.63) is 41.5 Å². The Kier molecular flexibility index (Phi) is 4.40. The summed E-state index contributed by atoms with van der Waals surface area (Å²) < 4.78 is 12.0. The van der Waals surface area contributed by atoms with E-state index in [2.05, 4.69) is 62.1 Å². The fourth-order valence-electron chi connectivity index (χ4n) is 3.79. The van der Waals surface area contributed by atoms with Crippen molar-refractivity contribution >= 4 is 6.08 Å². The van der Waals surface area contributed by atoms with Crippen LogP contribution >= 0.6 is 0 Å².